The van der Waals surface area contributed by atoms with Crippen LogP contribution in [0.25, 0.3) is 0 Å². The van der Waals surface area contributed by atoms with E-state index in [0.29, 0.717) is 17.8 Å². The number of carbonyl (C=O) groups is 2. The molecule has 2 amide bonds. The highest BCUT2D eigenvalue weighted by Gasteiger charge is 2.11. The molecule has 128 valence electrons. The number of hydrogen-bond donors (Lipinski definition) is 2. The molecule has 1 fully saturated rings. The molecule has 0 saturated carbocycles. The molecular weight excluding hydrogens is 302 g/mol. The maximum atomic E-state index is 12.1. The van der Waals surface area contributed by atoms with Gasteiger partial charge in [-0.15, -0.1) is 0 Å². The molecule has 1 aliphatic heterocycles. The van der Waals surface area contributed by atoms with Gasteiger partial charge in [0.15, 0.2) is 0 Å². The zero-order valence-electron chi connectivity index (χ0n) is 14.1. The summed E-state index contributed by atoms with van der Waals surface area (Å²) in [5.74, 6) is -0.282. The molecule has 0 unspecified atom stereocenters. The van der Waals surface area contributed by atoms with Crippen LogP contribution >= 0.6 is 0 Å². The second-order valence-electron chi connectivity index (χ2n) is 5.76. The highest BCUT2D eigenvalue weighted by Crippen LogP contribution is 2.10. The number of nitrogens with zero attached hydrogens (tertiary/aromatic N) is 1. The van der Waals surface area contributed by atoms with E-state index in [2.05, 4.69) is 15.5 Å². The van der Waals surface area contributed by atoms with E-state index in [1.165, 1.54) is 18.9 Å². The molecule has 1 saturated heterocycles. The molecule has 0 spiro atoms. The Morgan fingerprint density at radius 3 is 2.50 bits per heavy atom. The largest absolute Gasteiger partial charge is 0.351 e. The van der Waals surface area contributed by atoms with Gasteiger partial charge >= 0.3 is 0 Å². The molecule has 1 aromatic rings. The van der Waals surface area contributed by atoms with E-state index in [4.69, 9.17) is 0 Å². The summed E-state index contributed by atoms with van der Waals surface area (Å²) < 4.78 is 0. The quantitative estimate of drug-likeness (QED) is 0.598. The summed E-state index contributed by atoms with van der Waals surface area (Å²) in [5, 5.41) is 5.68. The monoisotopic (exact) mass is 327 g/mol. The summed E-state index contributed by atoms with van der Waals surface area (Å²) in [7, 11) is 0. The Bertz CT molecular complexity index is 600. The second-order valence-corrected chi connectivity index (χ2v) is 5.76. The van der Waals surface area contributed by atoms with Crippen molar-refractivity contribution in [3.05, 3.63) is 54.1 Å². The predicted octanol–water partition coefficient (Wildman–Crippen LogP) is 2.58. The van der Waals surface area contributed by atoms with Crippen LogP contribution in [0.5, 0.6) is 0 Å². The Balaban J connectivity index is 1.77. The molecule has 24 heavy (non-hydrogen) atoms. The van der Waals surface area contributed by atoms with Crippen LogP contribution in [0.1, 0.15) is 30.1 Å². The fourth-order valence-corrected chi connectivity index (χ4v) is 2.58. The lowest BCUT2D eigenvalue weighted by Gasteiger charge is -2.14. The average Bonchev–Trinajstić information content (AvgIpc) is 3.09. The fourth-order valence-electron chi connectivity index (χ4n) is 2.58. The number of rotatable bonds is 7. The van der Waals surface area contributed by atoms with Crippen molar-refractivity contribution in [1.82, 2.24) is 10.2 Å². The van der Waals surface area contributed by atoms with Gasteiger partial charge in [0.2, 0.25) is 5.91 Å². The van der Waals surface area contributed by atoms with Crippen LogP contribution in [-0.2, 0) is 4.79 Å². The van der Waals surface area contributed by atoms with Gasteiger partial charge in [0, 0.05) is 30.4 Å². The third-order valence-corrected chi connectivity index (χ3v) is 3.88. The average molecular weight is 327 g/mol. The minimum atomic E-state index is -0.198. The molecule has 1 heterocycles. The molecule has 0 aromatic heterocycles. The topological polar surface area (TPSA) is 61.4 Å². The van der Waals surface area contributed by atoms with Crippen LogP contribution in [0.3, 0.4) is 0 Å². The number of amides is 2. The van der Waals surface area contributed by atoms with E-state index in [-0.39, 0.29) is 11.8 Å². The molecule has 0 atom stereocenters. The number of nitrogens with one attached hydrogen (secondary N) is 2. The minimum Gasteiger partial charge on any atom is -0.351 e. The molecular formula is C19H25N3O2. The molecule has 0 radical (unpaired) electrons. The minimum absolute atomic E-state index is 0.0833. The maximum absolute atomic E-state index is 12.1. The Hall–Kier alpha value is -2.40. The molecule has 2 N–H and O–H groups in total. The third kappa shape index (κ3) is 6.01. The summed E-state index contributed by atoms with van der Waals surface area (Å²) in [6.45, 7) is 5.71. The van der Waals surface area contributed by atoms with Gasteiger partial charge in [-0.2, -0.15) is 0 Å². The summed E-state index contributed by atoms with van der Waals surface area (Å²) in [5.41, 5.74) is 1.26. The van der Waals surface area contributed by atoms with Crippen LogP contribution in [0.4, 0.5) is 5.69 Å². The number of benzene rings is 1. The van der Waals surface area contributed by atoms with E-state index in [1.54, 1.807) is 36.4 Å². The number of likely N-dealkylation sites (tertiary alicyclic amines) is 1. The van der Waals surface area contributed by atoms with E-state index >= 15 is 0 Å². The van der Waals surface area contributed by atoms with Crippen molar-refractivity contribution in [3.63, 3.8) is 0 Å². The summed E-state index contributed by atoms with van der Waals surface area (Å²) in [4.78, 5) is 26.1. The van der Waals surface area contributed by atoms with Crippen molar-refractivity contribution in [2.24, 2.45) is 0 Å². The predicted molar refractivity (Wildman–Crippen MR) is 97.0 cm³/mol. The lowest BCUT2D eigenvalue weighted by atomic mass is 10.2. The number of anilines is 1. The zero-order chi connectivity index (χ0) is 17.2. The number of carbonyl (C=O) groups excluding carboxylic acids is 2. The van der Waals surface area contributed by atoms with Crippen molar-refractivity contribution in [1.29, 1.82) is 0 Å². The van der Waals surface area contributed by atoms with Crippen LogP contribution in [0, 0.1) is 0 Å². The van der Waals surface area contributed by atoms with Crippen molar-refractivity contribution in [2.75, 3.05) is 31.5 Å². The summed E-state index contributed by atoms with van der Waals surface area (Å²) in [6, 6.07) is 6.90. The first-order valence-electron chi connectivity index (χ1n) is 8.40. The number of allylic oxidation sites excluding steroid dienone is 3. The summed E-state index contributed by atoms with van der Waals surface area (Å²) >= 11 is 0. The van der Waals surface area contributed by atoms with Crippen molar-refractivity contribution in [3.8, 4) is 0 Å². The fraction of sp³-hybridized carbons (Fsp3) is 0.368. The highest BCUT2D eigenvalue weighted by molar-refractivity contribution is 6.00. The van der Waals surface area contributed by atoms with E-state index < -0.39 is 0 Å². The third-order valence-electron chi connectivity index (χ3n) is 3.88. The Labute approximate surface area is 143 Å². The number of hydrogen-bond acceptors (Lipinski definition) is 3. The maximum Gasteiger partial charge on any atom is 0.251 e. The Morgan fingerprint density at radius 2 is 1.83 bits per heavy atom. The van der Waals surface area contributed by atoms with Crippen molar-refractivity contribution >= 4 is 17.5 Å². The molecule has 0 aliphatic carbocycles. The molecule has 2 rings (SSSR count). The van der Waals surface area contributed by atoms with Gasteiger partial charge in [0.1, 0.15) is 0 Å². The van der Waals surface area contributed by atoms with E-state index in [9.17, 15) is 9.59 Å². The Morgan fingerprint density at radius 1 is 1.12 bits per heavy atom. The van der Waals surface area contributed by atoms with Gasteiger partial charge < -0.3 is 15.5 Å². The molecule has 0 bridgehead atoms. The SMILES string of the molecule is C/C=C/C=C\C(=O)Nc1ccc(C(=O)NCCN2CCCC2)cc1. The Kier molecular flexibility index (Phi) is 7.23. The first kappa shape index (κ1) is 17.9. The van der Waals surface area contributed by atoms with Gasteiger partial charge in [-0.25, -0.2) is 0 Å². The van der Waals surface area contributed by atoms with Gasteiger partial charge in [-0.05, 0) is 57.1 Å². The molecule has 5 nitrogen and oxygen atoms in total. The summed E-state index contributed by atoms with van der Waals surface area (Å²) in [6.07, 6.45) is 9.28. The zero-order valence-corrected chi connectivity index (χ0v) is 14.1. The molecule has 5 heteroatoms. The second kappa shape index (κ2) is 9.67. The molecule has 1 aromatic carbocycles. The van der Waals surface area contributed by atoms with Crippen LogP contribution in [0.15, 0.2) is 48.6 Å². The lowest BCUT2D eigenvalue weighted by molar-refractivity contribution is -0.111. The standard InChI is InChI=1S/C19H25N3O2/c1-2-3-4-7-18(23)21-17-10-8-16(9-11-17)19(24)20-12-15-22-13-5-6-14-22/h2-4,7-11H,5-6,12-15H2,1H3,(H,20,24)(H,21,23)/b3-2+,7-4-. The van der Waals surface area contributed by atoms with E-state index in [0.717, 1.165) is 19.6 Å². The van der Waals surface area contributed by atoms with Gasteiger partial charge in [0.25, 0.3) is 5.91 Å². The first-order valence-corrected chi connectivity index (χ1v) is 8.40. The van der Waals surface area contributed by atoms with Crippen LogP contribution in [-0.4, -0.2) is 42.9 Å². The van der Waals surface area contributed by atoms with Gasteiger partial charge in [0.05, 0.1) is 0 Å². The van der Waals surface area contributed by atoms with Crippen molar-refractivity contribution < 1.29 is 9.59 Å². The van der Waals surface area contributed by atoms with Crippen molar-refractivity contribution in [2.45, 2.75) is 19.8 Å². The first-order chi connectivity index (χ1) is 11.7. The lowest BCUT2D eigenvalue weighted by Crippen LogP contribution is -2.33. The highest BCUT2D eigenvalue weighted by atomic mass is 16.2. The van der Waals surface area contributed by atoms with E-state index in [1.807, 2.05) is 13.0 Å². The van der Waals surface area contributed by atoms with Gasteiger partial charge in [-0.3, -0.25) is 9.59 Å². The normalized spacial score (nSPS) is 15.2. The van der Waals surface area contributed by atoms with Gasteiger partial charge in [-0.1, -0.05) is 18.2 Å². The smallest absolute Gasteiger partial charge is 0.251 e. The molecule has 1 aliphatic rings. The van der Waals surface area contributed by atoms with Crippen LogP contribution < -0.4 is 10.6 Å². The van der Waals surface area contributed by atoms with Crippen LogP contribution in [0.2, 0.25) is 0 Å².